The van der Waals surface area contributed by atoms with Crippen molar-refractivity contribution >= 4 is 33.2 Å². The van der Waals surface area contributed by atoms with Crippen LogP contribution < -0.4 is 11.1 Å². The molecule has 17 heavy (non-hydrogen) atoms. The molecule has 0 bridgehead atoms. The largest absolute Gasteiger partial charge is 0.351 e. The maximum absolute atomic E-state index is 12.1. The topological polar surface area (TPSA) is 55.1 Å². The number of rotatable bonds is 6. The lowest BCUT2D eigenvalue weighted by molar-refractivity contribution is -0.131. The Kier molecular flexibility index (Phi) is 5.62. The van der Waals surface area contributed by atoms with Crippen molar-refractivity contribution < 1.29 is 4.79 Å². The summed E-state index contributed by atoms with van der Waals surface area (Å²) in [6.07, 6.45) is 1.56. The van der Waals surface area contributed by atoms with Crippen molar-refractivity contribution in [2.24, 2.45) is 11.1 Å². The molecule has 5 heteroatoms. The minimum atomic E-state index is -0.408. The van der Waals surface area contributed by atoms with E-state index in [9.17, 15) is 4.79 Å². The number of hydrogen-bond donors (Lipinski definition) is 2. The van der Waals surface area contributed by atoms with Gasteiger partial charge in [0, 0.05) is 11.4 Å². The quantitative estimate of drug-likeness (QED) is 0.847. The first-order valence-corrected chi connectivity index (χ1v) is 7.41. The molecule has 96 valence electrons. The average molecular weight is 319 g/mol. The molecule has 0 unspecified atom stereocenters. The third kappa shape index (κ3) is 3.53. The van der Waals surface area contributed by atoms with Crippen LogP contribution in [0.5, 0.6) is 0 Å². The highest BCUT2D eigenvalue weighted by molar-refractivity contribution is 9.11. The molecular formula is C12H19BrN2OS. The van der Waals surface area contributed by atoms with Crippen LogP contribution in [-0.4, -0.2) is 12.5 Å². The van der Waals surface area contributed by atoms with Crippen LogP contribution in [0.25, 0.3) is 0 Å². The lowest BCUT2D eigenvalue weighted by Crippen LogP contribution is -2.44. The number of thiophene rings is 1. The van der Waals surface area contributed by atoms with E-state index in [-0.39, 0.29) is 5.91 Å². The molecule has 3 N–H and O–H groups in total. The fourth-order valence-corrected chi connectivity index (χ4v) is 3.18. The van der Waals surface area contributed by atoms with Gasteiger partial charge in [0.15, 0.2) is 0 Å². The summed E-state index contributed by atoms with van der Waals surface area (Å²) < 4.78 is 1.08. The van der Waals surface area contributed by atoms with Gasteiger partial charge in [0.2, 0.25) is 5.91 Å². The van der Waals surface area contributed by atoms with Gasteiger partial charge in [0.05, 0.1) is 15.7 Å². The number of nitrogens with two attached hydrogens (primary N) is 1. The van der Waals surface area contributed by atoms with Gasteiger partial charge in [0.25, 0.3) is 0 Å². The second kappa shape index (κ2) is 6.52. The summed E-state index contributed by atoms with van der Waals surface area (Å²) in [5.41, 5.74) is 5.33. The maximum Gasteiger partial charge on any atom is 0.227 e. The first-order valence-electron chi connectivity index (χ1n) is 5.80. The van der Waals surface area contributed by atoms with Gasteiger partial charge in [0.1, 0.15) is 0 Å². The molecule has 1 aromatic heterocycles. The van der Waals surface area contributed by atoms with Gasteiger partial charge >= 0.3 is 0 Å². The zero-order valence-corrected chi connectivity index (χ0v) is 12.7. The predicted molar refractivity (Wildman–Crippen MR) is 75.9 cm³/mol. The van der Waals surface area contributed by atoms with E-state index in [0.717, 1.165) is 21.5 Å². The summed E-state index contributed by atoms with van der Waals surface area (Å²) in [5, 5.41) is 2.98. The van der Waals surface area contributed by atoms with Gasteiger partial charge in [-0.05, 0) is 40.9 Å². The second-order valence-corrected chi connectivity index (χ2v) is 6.63. The van der Waals surface area contributed by atoms with Crippen molar-refractivity contribution in [2.75, 3.05) is 6.54 Å². The number of carbonyl (C=O) groups excluding carboxylic acids is 1. The smallest absolute Gasteiger partial charge is 0.227 e. The first kappa shape index (κ1) is 14.7. The fraction of sp³-hybridized carbons (Fsp3) is 0.583. The molecule has 0 aliphatic rings. The van der Waals surface area contributed by atoms with Crippen molar-refractivity contribution in [3.8, 4) is 0 Å². The van der Waals surface area contributed by atoms with Crippen LogP contribution in [0.2, 0.25) is 0 Å². The lowest BCUT2D eigenvalue weighted by Gasteiger charge is -2.28. The van der Waals surface area contributed by atoms with Crippen LogP contribution in [0, 0.1) is 5.41 Å². The number of amides is 1. The molecule has 0 aliphatic heterocycles. The normalized spacial score (nSPS) is 11.5. The van der Waals surface area contributed by atoms with Gasteiger partial charge in [-0.3, -0.25) is 4.79 Å². The minimum absolute atomic E-state index is 0.0644. The number of nitrogens with one attached hydrogen (secondary N) is 1. The van der Waals surface area contributed by atoms with E-state index in [2.05, 4.69) is 21.2 Å². The second-order valence-electron chi connectivity index (χ2n) is 4.08. The molecule has 1 amide bonds. The number of carbonyl (C=O) groups is 1. The molecule has 0 aliphatic carbocycles. The third-order valence-corrected chi connectivity index (χ3v) is 4.90. The van der Waals surface area contributed by atoms with Crippen LogP contribution in [0.15, 0.2) is 15.9 Å². The Hall–Kier alpha value is -0.390. The summed E-state index contributed by atoms with van der Waals surface area (Å²) in [5.74, 6) is 0.0644. The highest BCUT2D eigenvalue weighted by Crippen LogP contribution is 2.26. The highest BCUT2D eigenvalue weighted by Gasteiger charge is 2.32. The van der Waals surface area contributed by atoms with Gasteiger partial charge in [-0.15, -0.1) is 11.3 Å². The van der Waals surface area contributed by atoms with Gasteiger partial charge in [-0.1, -0.05) is 13.8 Å². The zero-order chi connectivity index (χ0) is 12.9. The van der Waals surface area contributed by atoms with E-state index in [4.69, 9.17) is 5.73 Å². The summed E-state index contributed by atoms with van der Waals surface area (Å²) in [7, 11) is 0. The van der Waals surface area contributed by atoms with Crippen molar-refractivity contribution in [3.63, 3.8) is 0 Å². The molecule has 1 heterocycles. The maximum atomic E-state index is 12.1. The van der Waals surface area contributed by atoms with E-state index in [1.807, 2.05) is 26.0 Å². The average Bonchev–Trinajstić information content (AvgIpc) is 2.75. The van der Waals surface area contributed by atoms with E-state index >= 15 is 0 Å². The van der Waals surface area contributed by atoms with Crippen molar-refractivity contribution in [2.45, 2.75) is 33.2 Å². The molecule has 1 rings (SSSR count). The van der Waals surface area contributed by atoms with E-state index in [0.29, 0.717) is 13.1 Å². The number of halogens is 1. The number of hydrogen-bond acceptors (Lipinski definition) is 3. The molecule has 0 radical (unpaired) electrons. The molecule has 0 atom stereocenters. The minimum Gasteiger partial charge on any atom is -0.351 e. The van der Waals surface area contributed by atoms with Crippen molar-refractivity contribution in [1.82, 2.24) is 5.32 Å². The van der Waals surface area contributed by atoms with Crippen molar-refractivity contribution in [1.29, 1.82) is 0 Å². The van der Waals surface area contributed by atoms with E-state index in [1.54, 1.807) is 11.3 Å². The van der Waals surface area contributed by atoms with Crippen LogP contribution >= 0.6 is 27.3 Å². The van der Waals surface area contributed by atoms with E-state index in [1.165, 1.54) is 0 Å². The molecule has 3 nitrogen and oxygen atoms in total. The first-order chi connectivity index (χ1) is 8.07. The van der Waals surface area contributed by atoms with Crippen LogP contribution in [0.1, 0.15) is 31.6 Å². The highest BCUT2D eigenvalue weighted by atomic mass is 79.9. The van der Waals surface area contributed by atoms with Gasteiger partial charge in [-0.25, -0.2) is 0 Å². The Morgan fingerprint density at radius 1 is 1.47 bits per heavy atom. The molecular weight excluding hydrogens is 300 g/mol. The fourth-order valence-electron chi connectivity index (χ4n) is 1.75. The van der Waals surface area contributed by atoms with Crippen LogP contribution in [0.3, 0.4) is 0 Å². The Bertz CT molecular complexity index is 366. The molecule has 0 saturated carbocycles. The monoisotopic (exact) mass is 318 g/mol. The molecule has 0 aromatic carbocycles. The Labute approximate surface area is 115 Å². The van der Waals surface area contributed by atoms with Crippen molar-refractivity contribution in [3.05, 3.63) is 20.8 Å². The SMILES string of the molecule is CCC(CC)(CN)C(=O)NCc1ccc(Br)s1. The molecule has 1 aromatic rings. The van der Waals surface area contributed by atoms with Crippen LogP contribution in [-0.2, 0) is 11.3 Å². The molecule has 0 saturated heterocycles. The Morgan fingerprint density at radius 2 is 2.12 bits per heavy atom. The lowest BCUT2D eigenvalue weighted by atomic mass is 9.81. The standard InChI is InChI=1S/C12H19BrN2OS/c1-3-12(4-2,8-14)11(16)15-7-9-5-6-10(13)17-9/h5-6H,3-4,7-8,14H2,1-2H3,(H,15,16). The van der Waals surface area contributed by atoms with Gasteiger partial charge < -0.3 is 11.1 Å². The summed E-state index contributed by atoms with van der Waals surface area (Å²) in [6, 6.07) is 4.00. The van der Waals surface area contributed by atoms with Crippen LogP contribution in [0.4, 0.5) is 0 Å². The van der Waals surface area contributed by atoms with Gasteiger partial charge in [-0.2, -0.15) is 0 Å². The Balaban J connectivity index is 2.59. The molecule has 0 fully saturated rings. The predicted octanol–water partition coefficient (Wildman–Crippen LogP) is 2.89. The zero-order valence-electron chi connectivity index (χ0n) is 10.3. The summed E-state index contributed by atoms with van der Waals surface area (Å²) in [4.78, 5) is 13.3. The molecule has 0 spiro atoms. The van der Waals surface area contributed by atoms with E-state index < -0.39 is 5.41 Å². The summed E-state index contributed by atoms with van der Waals surface area (Å²) >= 11 is 5.04. The third-order valence-electron chi connectivity index (χ3n) is 3.28. The summed E-state index contributed by atoms with van der Waals surface area (Å²) in [6.45, 7) is 5.01. The Morgan fingerprint density at radius 3 is 2.53 bits per heavy atom.